The molecule has 1 aromatic carbocycles. The molecule has 0 atom stereocenters. The average molecular weight is 367 g/mol. The van der Waals surface area contributed by atoms with Crippen LogP contribution in [0.2, 0.25) is 0 Å². The number of carbonyl (C=O) groups is 1. The molecule has 4 heteroatoms. The van der Waals surface area contributed by atoms with Crippen LogP contribution in [0.15, 0.2) is 36.4 Å². The van der Waals surface area contributed by atoms with Gasteiger partial charge in [-0.25, -0.2) is 4.98 Å². The van der Waals surface area contributed by atoms with Crippen LogP contribution in [-0.4, -0.2) is 31.0 Å². The van der Waals surface area contributed by atoms with Crippen LogP contribution in [0.4, 0.5) is 5.82 Å². The van der Waals surface area contributed by atoms with Crippen LogP contribution < -0.4 is 4.90 Å². The Morgan fingerprint density at radius 2 is 1.96 bits per heavy atom. The van der Waals surface area contributed by atoms with E-state index in [9.17, 15) is 4.79 Å². The number of aldehydes is 1. The molecule has 1 aromatic heterocycles. The number of rotatable bonds is 8. The van der Waals surface area contributed by atoms with Crippen LogP contribution in [-0.2, 0) is 17.8 Å². The Morgan fingerprint density at radius 1 is 1.22 bits per heavy atom. The van der Waals surface area contributed by atoms with Crippen molar-refractivity contribution in [1.82, 2.24) is 4.98 Å². The van der Waals surface area contributed by atoms with Crippen molar-refractivity contribution >= 4 is 12.1 Å². The maximum atomic E-state index is 11.8. The van der Waals surface area contributed by atoms with Gasteiger partial charge in [0.15, 0.2) is 6.29 Å². The van der Waals surface area contributed by atoms with Crippen LogP contribution in [0.1, 0.15) is 53.4 Å². The minimum absolute atomic E-state index is 0.467. The lowest BCUT2D eigenvalue weighted by molar-refractivity contribution is 0.110. The Morgan fingerprint density at radius 3 is 2.63 bits per heavy atom. The number of pyridine rings is 1. The Bertz CT molecular complexity index is 738. The Labute approximate surface area is 162 Å². The first-order valence-corrected chi connectivity index (χ1v) is 10.0. The van der Waals surface area contributed by atoms with E-state index in [1.165, 1.54) is 12.0 Å². The fraction of sp³-hybridized carbons (Fsp3) is 0.478. The van der Waals surface area contributed by atoms with Gasteiger partial charge in [0.05, 0.1) is 12.2 Å². The number of ether oxygens (including phenoxy) is 1. The number of piperidine rings is 1. The van der Waals surface area contributed by atoms with Crippen LogP contribution >= 0.6 is 0 Å². The number of hydrogen-bond donors (Lipinski definition) is 0. The Hall–Kier alpha value is -2.20. The van der Waals surface area contributed by atoms with Crippen molar-refractivity contribution in [3.05, 3.63) is 58.8 Å². The summed E-state index contributed by atoms with van der Waals surface area (Å²) >= 11 is 0. The molecule has 1 aliphatic rings. The van der Waals surface area contributed by atoms with Gasteiger partial charge in [0.25, 0.3) is 0 Å². The molecule has 1 saturated heterocycles. The van der Waals surface area contributed by atoms with Gasteiger partial charge in [0.2, 0.25) is 0 Å². The zero-order chi connectivity index (χ0) is 19.1. The summed E-state index contributed by atoms with van der Waals surface area (Å²) in [5.41, 5.74) is 4.00. The summed E-state index contributed by atoms with van der Waals surface area (Å²) in [6, 6.07) is 12.7. The molecular formula is C23H30N2O2. The predicted octanol–water partition coefficient (Wildman–Crippen LogP) is 4.59. The van der Waals surface area contributed by atoms with Crippen LogP contribution in [0.25, 0.3) is 0 Å². The molecule has 2 heterocycles. The predicted molar refractivity (Wildman–Crippen MR) is 109 cm³/mol. The van der Waals surface area contributed by atoms with Crippen molar-refractivity contribution in [2.45, 2.75) is 46.1 Å². The fourth-order valence-corrected chi connectivity index (χ4v) is 3.88. The van der Waals surface area contributed by atoms with Crippen molar-refractivity contribution in [2.24, 2.45) is 5.92 Å². The SMILES string of the molecule is CCOCc1cc(C)nc(N2CCC(CCc3ccccc3)CC2)c1C=O. The summed E-state index contributed by atoms with van der Waals surface area (Å²) in [6.07, 6.45) is 5.63. The minimum atomic E-state index is 0.467. The molecule has 3 rings (SSSR count). The highest BCUT2D eigenvalue weighted by molar-refractivity contribution is 5.85. The van der Waals surface area contributed by atoms with E-state index < -0.39 is 0 Å². The quantitative estimate of drug-likeness (QED) is 0.641. The Kier molecular flexibility index (Phi) is 6.99. The number of nitrogens with zero attached hydrogens (tertiary/aromatic N) is 2. The molecule has 1 fully saturated rings. The first kappa shape index (κ1) is 19.6. The van der Waals surface area contributed by atoms with E-state index in [1.54, 1.807) is 0 Å². The third-order valence-electron chi connectivity index (χ3n) is 5.43. The normalized spacial score (nSPS) is 15.1. The number of benzene rings is 1. The van der Waals surface area contributed by atoms with Crippen LogP contribution in [0.3, 0.4) is 0 Å². The standard InChI is InChI=1S/C23H30N2O2/c1-3-27-17-21-15-18(2)24-23(22(21)16-26)25-13-11-20(12-14-25)10-9-19-7-5-4-6-8-19/h4-8,15-16,20H,3,9-14,17H2,1-2H3. The van der Waals surface area contributed by atoms with Crippen molar-refractivity contribution in [1.29, 1.82) is 0 Å². The zero-order valence-electron chi connectivity index (χ0n) is 16.5. The molecular weight excluding hydrogens is 336 g/mol. The van der Waals surface area contributed by atoms with Crippen LogP contribution in [0.5, 0.6) is 0 Å². The van der Waals surface area contributed by atoms with E-state index in [4.69, 9.17) is 9.72 Å². The zero-order valence-corrected chi connectivity index (χ0v) is 16.5. The van der Waals surface area contributed by atoms with Gasteiger partial charge in [-0.05, 0) is 62.6 Å². The maximum absolute atomic E-state index is 11.8. The van der Waals surface area contributed by atoms with Gasteiger partial charge >= 0.3 is 0 Å². The molecule has 2 aromatic rings. The summed E-state index contributed by atoms with van der Waals surface area (Å²) in [5.74, 6) is 1.58. The molecule has 0 amide bonds. The molecule has 1 aliphatic heterocycles. The summed E-state index contributed by atoms with van der Waals surface area (Å²) in [7, 11) is 0. The summed E-state index contributed by atoms with van der Waals surface area (Å²) in [6.45, 7) is 6.99. The van der Waals surface area contributed by atoms with E-state index >= 15 is 0 Å². The van der Waals surface area contributed by atoms with Crippen molar-refractivity contribution in [3.8, 4) is 0 Å². The van der Waals surface area contributed by atoms with Gasteiger partial charge in [0, 0.05) is 25.4 Å². The maximum Gasteiger partial charge on any atom is 0.154 e. The molecule has 0 spiro atoms. The molecule has 0 aliphatic carbocycles. The highest BCUT2D eigenvalue weighted by atomic mass is 16.5. The van der Waals surface area contributed by atoms with Gasteiger partial charge in [-0.2, -0.15) is 0 Å². The van der Waals surface area contributed by atoms with Gasteiger partial charge in [-0.15, -0.1) is 0 Å². The second kappa shape index (κ2) is 9.65. The number of aryl methyl sites for hydroxylation is 2. The number of carbonyl (C=O) groups excluding carboxylic acids is 1. The van der Waals surface area contributed by atoms with Gasteiger partial charge in [-0.3, -0.25) is 4.79 Å². The topological polar surface area (TPSA) is 42.4 Å². The highest BCUT2D eigenvalue weighted by Gasteiger charge is 2.23. The number of anilines is 1. The first-order chi connectivity index (χ1) is 13.2. The van der Waals surface area contributed by atoms with Gasteiger partial charge in [0.1, 0.15) is 5.82 Å². The lowest BCUT2D eigenvalue weighted by atomic mass is 9.90. The third-order valence-corrected chi connectivity index (χ3v) is 5.43. The lowest BCUT2D eigenvalue weighted by Crippen LogP contribution is -2.35. The molecule has 0 unspecified atom stereocenters. The smallest absolute Gasteiger partial charge is 0.154 e. The van der Waals surface area contributed by atoms with Crippen molar-refractivity contribution < 1.29 is 9.53 Å². The lowest BCUT2D eigenvalue weighted by Gasteiger charge is -2.34. The summed E-state index contributed by atoms with van der Waals surface area (Å²) in [4.78, 5) is 18.7. The number of hydrogen-bond acceptors (Lipinski definition) is 4. The first-order valence-electron chi connectivity index (χ1n) is 10.0. The molecule has 0 bridgehead atoms. The van der Waals surface area contributed by atoms with E-state index in [1.807, 2.05) is 19.9 Å². The number of aromatic nitrogens is 1. The molecule has 0 N–H and O–H groups in total. The van der Waals surface area contributed by atoms with E-state index in [0.29, 0.717) is 18.8 Å². The Balaban J connectivity index is 1.63. The van der Waals surface area contributed by atoms with E-state index in [0.717, 1.165) is 61.6 Å². The average Bonchev–Trinajstić information content (AvgIpc) is 2.71. The largest absolute Gasteiger partial charge is 0.377 e. The van der Waals surface area contributed by atoms with Crippen LogP contribution in [0, 0.1) is 12.8 Å². The second-order valence-corrected chi connectivity index (χ2v) is 7.37. The summed E-state index contributed by atoms with van der Waals surface area (Å²) in [5, 5.41) is 0. The molecule has 0 radical (unpaired) electrons. The third kappa shape index (κ3) is 5.16. The van der Waals surface area contributed by atoms with E-state index in [-0.39, 0.29) is 0 Å². The molecule has 27 heavy (non-hydrogen) atoms. The van der Waals surface area contributed by atoms with Gasteiger partial charge < -0.3 is 9.64 Å². The van der Waals surface area contributed by atoms with Crippen molar-refractivity contribution in [3.63, 3.8) is 0 Å². The molecule has 0 saturated carbocycles. The monoisotopic (exact) mass is 366 g/mol. The molecule has 4 nitrogen and oxygen atoms in total. The molecule has 144 valence electrons. The minimum Gasteiger partial charge on any atom is -0.377 e. The van der Waals surface area contributed by atoms with E-state index in [2.05, 4.69) is 35.2 Å². The van der Waals surface area contributed by atoms with Crippen molar-refractivity contribution in [2.75, 3.05) is 24.6 Å². The highest BCUT2D eigenvalue weighted by Crippen LogP contribution is 2.29. The fourth-order valence-electron chi connectivity index (χ4n) is 3.88. The summed E-state index contributed by atoms with van der Waals surface area (Å²) < 4.78 is 5.55. The second-order valence-electron chi connectivity index (χ2n) is 7.37. The van der Waals surface area contributed by atoms with Gasteiger partial charge in [-0.1, -0.05) is 30.3 Å².